The SMILES string of the molecule is CN1CCN(Cc2ccc(Br)cn2)CC1=O. The second kappa shape index (κ2) is 4.93. The van der Waals surface area contributed by atoms with Gasteiger partial charge in [-0.25, -0.2) is 0 Å². The van der Waals surface area contributed by atoms with Crippen molar-refractivity contribution in [3.63, 3.8) is 0 Å². The first-order valence-corrected chi connectivity index (χ1v) is 6.01. The predicted molar refractivity (Wildman–Crippen MR) is 64.9 cm³/mol. The van der Waals surface area contributed by atoms with E-state index in [-0.39, 0.29) is 5.91 Å². The molecular formula is C11H14BrN3O. The molecule has 4 nitrogen and oxygen atoms in total. The predicted octanol–water partition coefficient (Wildman–Crippen LogP) is 1.12. The summed E-state index contributed by atoms with van der Waals surface area (Å²) in [6, 6.07) is 3.95. The fraction of sp³-hybridized carbons (Fsp3) is 0.455. The number of rotatable bonds is 2. The van der Waals surface area contributed by atoms with Crippen molar-refractivity contribution in [3.05, 3.63) is 28.5 Å². The molecule has 0 unspecified atom stereocenters. The van der Waals surface area contributed by atoms with Crippen molar-refractivity contribution in [2.45, 2.75) is 6.54 Å². The van der Waals surface area contributed by atoms with Crippen LogP contribution in [0, 0.1) is 0 Å². The molecule has 0 aliphatic carbocycles. The maximum absolute atomic E-state index is 11.5. The largest absolute Gasteiger partial charge is 0.343 e. The molecule has 0 bridgehead atoms. The minimum atomic E-state index is 0.184. The van der Waals surface area contributed by atoms with Gasteiger partial charge in [0.2, 0.25) is 5.91 Å². The normalized spacial score (nSPS) is 17.9. The van der Waals surface area contributed by atoms with Gasteiger partial charge in [-0.2, -0.15) is 0 Å². The summed E-state index contributed by atoms with van der Waals surface area (Å²) < 4.78 is 0.978. The van der Waals surface area contributed by atoms with E-state index in [1.54, 1.807) is 11.1 Å². The lowest BCUT2D eigenvalue weighted by atomic mass is 10.3. The van der Waals surface area contributed by atoms with Crippen LogP contribution in [-0.4, -0.2) is 47.4 Å². The summed E-state index contributed by atoms with van der Waals surface area (Å²) in [6.07, 6.45) is 1.78. The van der Waals surface area contributed by atoms with Crippen molar-refractivity contribution >= 4 is 21.8 Å². The maximum atomic E-state index is 11.5. The minimum Gasteiger partial charge on any atom is -0.343 e. The van der Waals surface area contributed by atoms with Crippen LogP contribution in [0.15, 0.2) is 22.8 Å². The molecule has 2 heterocycles. The van der Waals surface area contributed by atoms with Gasteiger partial charge in [-0.1, -0.05) is 0 Å². The maximum Gasteiger partial charge on any atom is 0.236 e. The molecule has 5 heteroatoms. The lowest BCUT2D eigenvalue weighted by Gasteiger charge is -2.31. The lowest BCUT2D eigenvalue weighted by molar-refractivity contribution is -0.134. The topological polar surface area (TPSA) is 36.4 Å². The standard InChI is InChI=1S/C11H14BrN3O/c1-14-4-5-15(8-11(14)16)7-10-3-2-9(12)6-13-10/h2-3,6H,4-5,7-8H2,1H3. The number of carbonyl (C=O) groups is 1. The number of nitrogens with zero attached hydrogens (tertiary/aromatic N) is 3. The molecule has 0 N–H and O–H groups in total. The fourth-order valence-electron chi connectivity index (χ4n) is 1.67. The Balaban J connectivity index is 1.95. The number of hydrogen-bond acceptors (Lipinski definition) is 3. The summed E-state index contributed by atoms with van der Waals surface area (Å²) in [4.78, 5) is 19.7. The molecule has 1 aromatic heterocycles. The molecule has 1 saturated heterocycles. The van der Waals surface area contributed by atoms with Crippen molar-refractivity contribution in [2.75, 3.05) is 26.7 Å². The van der Waals surface area contributed by atoms with Crippen LogP contribution < -0.4 is 0 Å². The van der Waals surface area contributed by atoms with E-state index >= 15 is 0 Å². The van der Waals surface area contributed by atoms with Gasteiger partial charge in [0.05, 0.1) is 12.2 Å². The molecule has 0 aromatic carbocycles. The van der Waals surface area contributed by atoms with Crippen LogP contribution in [0.1, 0.15) is 5.69 Å². The number of likely N-dealkylation sites (N-methyl/N-ethyl adjacent to an activating group) is 1. The second-order valence-electron chi connectivity index (χ2n) is 3.99. The van der Waals surface area contributed by atoms with E-state index in [0.29, 0.717) is 6.54 Å². The average Bonchev–Trinajstić information content (AvgIpc) is 2.27. The first kappa shape index (κ1) is 11.5. The van der Waals surface area contributed by atoms with E-state index in [4.69, 9.17) is 0 Å². The number of pyridine rings is 1. The Labute approximate surface area is 103 Å². The quantitative estimate of drug-likeness (QED) is 0.816. The number of piperazine rings is 1. The summed E-state index contributed by atoms with van der Waals surface area (Å²) in [7, 11) is 1.84. The van der Waals surface area contributed by atoms with E-state index in [1.807, 2.05) is 19.2 Å². The third-order valence-electron chi connectivity index (χ3n) is 2.71. The highest BCUT2D eigenvalue weighted by atomic mass is 79.9. The first-order chi connectivity index (χ1) is 7.65. The highest BCUT2D eigenvalue weighted by Gasteiger charge is 2.20. The molecule has 1 aliphatic rings. The highest BCUT2D eigenvalue weighted by molar-refractivity contribution is 9.10. The Morgan fingerprint density at radius 3 is 2.88 bits per heavy atom. The summed E-state index contributed by atoms with van der Waals surface area (Å²) in [5, 5.41) is 0. The van der Waals surface area contributed by atoms with Gasteiger partial charge in [-0.3, -0.25) is 14.7 Å². The van der Waals surface area contributed by atoms with Crippen LogP contribution in [0.5, 0.6) is 0 Å². The minimum absolute atomic E-state index is 0.184. The molecule has 0 saturated carbocycles. The first-order valence-electron chi connectivity index (χ1n) is 5.22. The molecule has 86 valence electrons. The van der Waals surface area contributed by atoms with Gasteiger partial charge in [0.25, 0.3) is 0 Å². The highest BCUT2D eigenvalue weighted by Crippen LogP contribution is 2.10. The molecule has 2 rings (SSSR count). The van der Waals surface area contributed by atoms with E-state index in [1.165, 1.54) is 0 Å². The molecule has 0 atom stereocenters. The van der Waals surface area contributed by atoms with Crippen LogP contribution in [0.2, 0.25) is 0 Å². The van der Waals surface area contributed by atoms with Crippen LogP contribution in [0.4, 0.5) is 0 Å². The number of hydrogen-bond donors (Lipinski definition) is 0. The zero-order valence-corrected chi connectivity index (χ0v) is 10.8. The Bertz CT molecular complexity index is 379. The third-order valence-corrected chi connectivity index (χ3v) is 3.18. The van der Waals surface area contributed by atoms with Gasteiger partial charge in [0, 0.05) is 37.4 Å². The molecule has 0 spiro atoms. The van der Waals surface area contributed by atoms with Gasteiger partial charge in [0.1, 0.15) is 0 Å². The third kappa shape index (κ3) is 2.80. The van der Waals surface area contributed by atoms with Crippen molar-refractivity contribution in [1.29, 1.82) is 0 Å². The molecule has 16 heavy (non-hydrogen) atoms. The summed E-state index contributed by atoms with van der Waals surface area (Å²) in [5.74, 6) is 0.184. The van der Waals surface area contributed by atoms with Gasteiger partial charge < -0.3 is 4.90 Å². The average molecular weight is 284 g/mol. The zero-order valence-electron chi connectivity index (χ0n) is 9.19. The molecule has 1 fully saturated rings. The van der Waals surface area contributed by atoms with Crippen molar-refractivity contribution in [3.8, 4) is 0 Å². The van der Waals surface area contributed by atoms with Gasteiger partial charge >= 0.3 is 0 Å². The molecule has 0 radical (unpaired) electrons. The van der Waals surface area contributed by atoms with Crippen LogP contribution >= 0.6 is 15.9 Å². The second-order valence-corrected chi connectivity index (χ2v) is 4.91. The van der Waals surface area contributed by atoms with Gasteiger partial charge in [-0.15, -0.1) is 0 Å². The fourth-order valence-corrected chi connectivity index (χ4v) is 1.91. The summed E-state index contributed by atoms with van der Waals surface area (Å²) in [5.41, 5.74) is 1.00. The van der Waals surface area contributed by atoms with Crippen LogP contribution in [0.3, 0.4) is 0 Å². The molecule has 1 amide bonds. The zero-order chi connectivity index (χ0) is 11.5. The smallest absolute Gasteiger partial charge is 0.236 e. The number of amides is 1. The Kier molecular flexibility index (Phi) is 3.56. The molecule has 1 aliphatic heterocycles. The lowest BCUT2D eigenvalue weighted by Crippen LogP contribution is -2.48. The van der Waals surface area contributed by atoms with Crippen LogP contribution in [0.25, 0.3) is 0 Å². The number of carbonyl (C=O) groups excluding carboxylic acids is 1. The van der Waals surface area contributed by atoms with E-state index in [0.717, 1.165) is 29.8 Å². The van der Waals surface area contributed by atoms with Crippen molar-refractivity contribution in [2.24, 2.45) is 0 Å². The van der Waals surface area contributed by atoms with Gasteiger partial charge in [-0.05, 0) is 28.1 Å². The monoisotopic (exact) mass is 283 g/mol. The van der Waals surface area contributed by atoms with E-state index in [2.05, 4.69) is 25.8 Å². The Hall–Kier alpha value is -0.940. The van der Waals surface area contributed by atoms with Crippen LogP contribution in [-0.2, 0) is 11.3 Å². The summed E-state index contributed by atoms with van der Waals surface area (Å²) >= 11 is 3.35. The summed E-state index contributed by atoms with van der Waals surface area (Å²) in [6.45, 7) is 2.95. The van der Waals surface area contributed by atoms with E-state index in [9.17, 15) is 4.79 Å². The number of halogens is 1. The van der Waals surface area contributed by atoms with Crippen molar-refractivity contribution in [1.82, 2.24) is 14.8 Å². The van der Waals surface area contributed by atoms with Crippen molar-refractivity contribution < 1.29 is 4.79 Å². The molecular weight excluding hydrogens is 270 g/mol. The van der Waals surface area contributed by atoms with E-state index < -0.39 is 0 Å². The molecule has 1 aromatic rings. The van der Waals surface area contributed by atoms with Gasteiger partial charge in [0.15, 0.2) is 0 Å². The Morgan fingerprint density at radius 1 is 1.44 bits per heavy atom. The Morgan fingerprint density at radius 2 is 2.25 bits per heavy atom. The number of aromatic nitrogens is 1.